The average Bonchev–Trinajstić information content (AvgIpc) is 3.17. The van der Waals surface area contributed by atoms with E-state index in [4.69, 9.17) is 10.5 Å². The van der Waals surface area contributed by atoms with Gasteiger partial charge in [-0.2, -0.15) is 0 Å². The summed E-state index contributed by atoms with van der Waals surface area (Å²) >= 11 is 0. The van der Waals surface area contributed by atoms with E-state index >= 15 is 0 Å². The van der Waals surface area contributed by atoms with Crippen LogP contribution in [0.3, 0.4) is 0 Å². The molecule has 0 aromatic heterocycles. The molecule has 6 N–H and O–H groups in total. The maximum Gasteiger partial charge on any atom is 0.326 e. The molecule has 12 nitrogen and oxygen atoms in total. The highest BCUT2D eigenvalue weighted by atomic mass is 16.5. The quantitative estimate of drug-likeness (QED) is 0.144. The molecule has 4 rings (SSSR count). The van der Waals surface area contributed by atoms with Gasteiger partial charge in [-0.15, -0.1) is 0 Å². The first-order chi connectivity index (χ1) is 26.0. The summed E-state index contributed by atoms with van der Waals surface area (Å²) in [6.07, 6.45) is 6.63. The van der Waals surface area contributed by atoms with Crippen LogP contribution in [0.15, 0.2) is 66.7 Å². The molecular weight excluding hydrogens is 686 g/mol. The summed E-state index contributed by atoms with van der Waals surface area (Å²) in [6.45, 7) is 4.04. The maximum absolute atomic E-state index is 14.4. The van der Waals surface area contributed by atoms with E-state index < -0.39 is 53.8 Å². The van der Waals surface area contributed by atoms with Crippen molar-refractivity contribution in [2.75, 3.05) is 20.7 Å². The molecule has 12 heteroatoms. The third-order valence-corrected chi connectivity index (χ3v) is 9.96. The molecule has 0 fully saturated rings. The Morgan fingerprint density at radius 2 is 1.63 bits per heavy atom. The molecule has 0 saturated carbocycles. The Labute approximate surface area is 318 Å². The first-order valence-electron chi connectivity index (χ1n) is 18.9. The van der Waals surface area contributed by atoms with Crippen LogP contribution in [-0.4, -0.2) is 78.4 Å². The number of carboxylic acids is 1. The molecule has 4 atom stereocenters. The number of ether oxygens (including phenoxy) is 1. The number of rotatable bonds is 14. The van der Waals surface area contributed by atoms with Gasteiger partial charge in [-0.3, -0.25) is 19.2 Å². The Hall–Kier alpha value is -5.23. The number of carbonyl (C=O) groups is 5. The third-order valence-electron chi connectivity index (χ3n) is 9.96. The first-order valence-corrected chi connectivity index (χ1v) is 18.9. The molecule has 1 aliphatic heterocycles. The van der Waals surface area contributed by atoms with Gasteiger partial charge in [0.15, 0.2) is 0 Å². The summed E-state index contributed by atoms with van der Waals surface area (Å²) in [5.41, 5.74) is 10.7. The summed E-state index contributed by atoms with van der Waals surface area (Å²) < 4.78 is 5.59. The van der Waals surface area contributed by atoms with Gasteiger partial charge in [0, 0.05) is 12.6 Å². The van der Waals surface area contributed by atoms with E-state index in [0.717, 1.165) is 36.0 Å². The second kappa shape index (κ2) is 20.3. The molecule has 0 saturated heterocycles. The predicted molar refractivity (Wildman–Crippen MR) is 208 cm³/mol. The number of aryl methyl sites for hydroxylation is 2. The number of unbranched alkanes of at least 4 members (excludes halogenated alkanes) is 2. The Bertz CT molecular complexity index is 1740. The lowest BCUT2D eigenvalue weighted by Crippen LogP contribution is -2.54. The predicted octanol–water partition coefficient (Wildman–Crippen LogP) is 4.93. The first kappa shape index (κ1) is 41.5. The van der Waals surface area contributed by atoms with Crippen LogP contribution in [0.1, 0.15) is 98.3 Å². The van der Waals surface area contributed by atoms with Crippen molar-refractivity contribution in [3.05, 3.63) is 89.0 Å². The van der Waals surface area contributed by atoms with Crippen LogP contribution in [0.25, 0.3) is 11.1 Å². The molecule has 2 bridgehead atoms. The van der Waals surface area contributed by atoms with Crippen molar-refractivity contribution in [1.29, 1.82) is 0 Å². The number of hydrogen-bond acceptors (Lipinski definition) is 7. The standard InChI is InChI=1S/C42H55N5O7/c1-5-6-11-28-15-17-29(18-16-28)30-19-21-31(22-20-30)39(49)45-34(13-9-10-25-43)41(51)47(3)37-33-23-24-36(54-4)32(26-33)12-7-8-14-35(42(52)53)46-38(48)27(2)44-40(37)50/h15-24,26-27,34-35,37H,5-14,25,43H2,1-4H3,(H,44,50)(H,45,49)(H,46,48)(H,52,53)/t27-,34-,35-,37-/m0/s1. The molecular formula is C42H55N5O7. The van der Waals surface area contributed by atoms with E-state index in [-0.39, 0.29) is 12.8 Å². The molecule has 4 amide bonds. The normalized spacial score (nSPS) is 18.4. The van der Waals surface area contributed by atoms with Crippen LogP contribution in [0.2, 0.25) is 0 Å². The number of aliphatic carboxylic acids is 1. The average molecular weight is 742 g/mol. The largest absolute Gasteiger partial charge is 0.496 e. The van der Waals surface area contributed by atoms with E-state index in [0.29, 0.717) is 55.5 Å². The Balaban J connectivity index is 1.61. The van der Waals surface area contributed by atoms with Gasteiger partial charge in [0.1, 0.15) is 29.9 Å². The highest BCUT2D eigenvalue weighted by Crippen LogP contribution is 2.29. The molecule has 3 aromatic rings. The lowest BCUT2D eigenvalue weighted by Gasteiger charge is -2.32. The van der Waals surface area contributed by atoms with Crippen molar-refractivity contribution < 1.29 is 33.8 Å². The summed E-state index contributed by atoms with van der Waals surface area (Å²) in [4.78, 5) is 68.3. The molecule has 0 radical (unpaired) electrons. The molecule has 0 aliphatic carbocycles. The SMILES string of the molecule is CCCCc1ccc(-c2ccc(C(=O)N[C@@H](CCCCN)C(=O)N(C)[C@@H]3C(=O)N[C@@H](C)C(=O)N[C@H](C(=O)O)CCCCc4cc3ccc4OC)cc2)cc1. The number of carboxylic acid groups (broad SMARTS) is 1. The van der Waals surface area contributed by atoms with Crippen LogP contribution in [0.5, 0.6) is 5.75 Å². The number of amides is 4. The number of carbonyl (C=O) groups excluding carboxylic acids is 4. The number of fused-ring (bicyclic) bond motifs is 2. The third kappa shape index (κ3) is 11.1. The zero-order valence-corrected chi connectivity index (χ0v) is 31.9. The van der Waals surface area contributed by atoms with Crippen LogP contribution in [-0.2, 0) is 32.0 Å². The van der Waals surface area contributed by atoms with Gasteiger partial charge in [0.25, 0.3) is 5.91 Å². The lowest BCUT2D eigenvalue weighted by molar-refractivity contribution is -0.143. The summed E-state index contributed by atoms with van der Waals surface area (Å²) in [5.74, 6) is -2.80. The number of methoxy groups -OCH3 is 1. The smallest absolute Gasteiger partial charge is 0.326 e. The van der Waals surface area contributed by atoms with Crippen molar-refractivity contribution in [2.24, 2.45) is 5.73 Å². The number of nitrogens with one attached hydrogen (secondary N) is 3. The van der Waals surface area contributed by atoms with Gasteiger partial charge < -0.3 is 36.4 Å². The minimum Gasteiger partial charge on any atom is -0.496 e. The van der Waals surface area contributed by atoms with Crippen molar-refractivity contribution in [1.82, 2.24) is 20.9 Å². The summed E-state index contributed by atoms with van der Waals surface area (Å²) in [6, 6.07) is 16.5. The Morgan fingerprint density at radius 3 is 2.26 bits per heavy atom. The van der Waals surface area contributed by atoms with Crippen LogP contribution in [0, 0.1) is 0 Å². The number of hydrogen-bond donors (Lipinski definition) is 5. The number of benzene rings is 3. The summed E-state index contributed by atoms with van der Waals surface area (Å²) in [7, 11) is 3.04. The fraction of sp³-hybridized carbons (Fsp3) is 0.452. The topological polar surface area (TPSA) is 180 Å². The van der Waals surface area contributed by atoms with E-state index in [1.165, 1.54) is 24.4 Å². The molecule has 290 valence electrons. The number of nitrogens with two attached hydrogens (primary N) is 1. The maximum atomic E-state index is 14.4. The van der Waals surface area contributed by atoms with Gasteiger partial charge in [0.05, 0.1) is 7.11 Å². The molecule has 1 aliphatic rings. The monoisotopic (exact) mass is 741 g/mol. The second-order valence-electron chi connectivity index (χ2n) is 14.0. The van der Waals surface area contributed by atoms with E-state index in [1.807, 2.05) is 12.1 Å². The van der Waals surface area contributed by atoms with Crippen molar-refractivity contribution >= 4 is 29.6 Å². The van der Waals surface area contributed by atoms with Crippen LogP contribution in [0.4, 0.5) is 0 Å². The van der Waals surface area contributed by atoms with Crippen molar-refractivity contribution in [3.8, 4) is 16.9 Å². The molecule has 1 heterocycles. The minimum absolute atomic E-state index is 0.220. The zero-order valence-electron chi connectivity index (χ0n) is 31.9. The number of likely N-dealkylation sites (N-methyl/N-ethyl adjacent to an activating group) is 1. The fourth-order valence-corrected chi connectivity index (χ4v) is 6.71. The molecule has 0 unspecified atom stereocenters. The van der Waals surface area contributed by atoms with E-state index in [1.54, 1.807) is 37.4 Å². The number of nitrogens with zero attached hydrogens (tertiary/aromatic N) is 1. The van der Waals surface area contributed by atoms with Gasteiger partial charge in [-0.1, -0.05) is 62.2 Å². The minimum atomic E-state index is -1.20. The van der Waals surface area contributed by atoms with Crippen LogP contribution < -0.4 is 26.4 Å². The van der Waals surface area contributed by atoms with Crippen molar-refractivity contribution in [3.63, 3.8) is 0 Å². The molecule has 0 spiro atoms. The van der Waals surface area contributed by atoms with E-state index in [9.17, 15) is 29.1 Å². The van der Waals surface area contributed by atoms with Crippen LogP contribution >= 0.6 is 0 Å². The van der Waals surface area contributed by atoms with Gasteiger partial charge >= 0.3 is 5.97 Å². The second-order valence-corrected chi connectivity index (χ2v) is 14.0. The highest BCUT2D eigenvalue weighted by Gasteiger charge is 2.35. The van der Waals surface area contributed by atoms with Gasteiger partial charge in [-0.05, 0) is 117 Å². The Kier molecular flexibility index (Phi) is 15.6. The summed E-state index contributed by atoms with van der Waals surface area (Å²) in [5, 5.41) is 17.8. The highest BCUT2D eigenvalue weighted by molar-refractivity contribution is 5.99. The van der Waals surface area contributed by atoms with E-state index in [2.05, 4.69) is 47.1 Å². The van der Waals surface area contributed by atoms with Gasteiger partial charge in [0.2, 0.25) is 17.7 Å². The molecule has 54 heavy (non-hydrogen) atoms. The van der Waals surface area contributed by atoms with Crippen molar-refractivity contribution in [2.45, 2.75) is 102 Å². The molecule has 3 aromatic carbocycles. The lowest BCUT2D eigenvalue weighted by atomic mass is 9.96. The Morgan fingerprint density at radius 1 is 0.944 bits per heavy atom. The van der Waals surface area contributed by atoms with Gasteiger partial charge in [-0.25, -0.2) is 4.79 Å². The zero-order chi connectivity index (χ0) is 39.2. The fourth-order valence-electron chi connectivity index (χ4n) is 6.71.